The van der Waals surface area contributed by atoms with E-state index in [0.717, 1.165) is 85.8 Å². The van der Waals surface area contributed by atoms with Gasteiger partial charge in [-0.25, -0.2) is 15.0 Å². The second-order valence-electron chi connectivity index (χ2n) is 11.4. The van der Waals surface area contributed by atoms with E-state index in [1.807, 2.05) is 6.20 Å². The second kappa shape index (κ2) is 10.7. The quantitative estimate of drug-likeness (QED) is 0.451. The number of aliphatic hydroxyl groups excluding tert-OH is 1. The Morgan fingerprint density at radius 2 is 1.74 bits per heavy atom. The number of aliphatic hydroxyl groups is 1. The highest BCUT2D eigenvalue weighted by Crippen LogP contribution is 2.33. The molecule has 2 aliphatic heterocycles. The van der Waals surface area contributed by atoms with Crippen molar-refractivity contribution < 1.29 is 5.11 Å². The summed E-state index contributed by atoms with van der Waals surface area (Å²) in [4.78, 5) is 19.5. The molecular formula is C28H41N9O. The fraction of sp³-hybridized carbons (Fsp3) is 0.643. The third-order valence-electron chi connectivity index (χ3n) is 8.87. The van der Waals surface area contributed by atoms with Crippen molar-refractivity contribution in [2.45, 2.75) is 82.5 Å². The number of rotatable bonds is 6. The molecule has 1 aliphatic carbocycles. The van der Waals surface area contributed by atoms with Gasteiger partial charge in [0, 0.05) is 48.7 Å². The van der Waals surface area contributed by atoms with E-state index in [9.17, 15) is 5.11 Å². The van der Waals surface area contributed by atoms with Gasteiger partial charge in [-0.2, -0.15) is 5.10 Å². The number of nitrogens with zero attached hydrogens (tertiary/aromatic N) is 7. The first kappa shape index (κ1) is 25.5. The molecule has 0 radical (unpaired) electrons. The molecule has 5 heterocycles. The predicted molar refractivity (Wildman–Crippen MR) is 150 cm³/mol. The molecule has 10 heteroatoms. The minimum absolute atomic E-state index is 0.202. The van der Waals surface area contributed by atoms with E-state index in [2.05, 4.69) is 45.0 Å². The van der Waals surface area contributed by atoms with Crippen LogP contribution in [-0.4, -0.2) is 91.1 Å². The van der Waals surface area contributed by atoms with Crippen LogP contribution in [0.2, 0.25) is 0 Å². The largest absolute Gasteiger partial charge is 0.393 e. The van der Waals surface area contributed by atoms with E-state index in [4.69, 9.17) is 20.8 Å². The molecule has 10 nitrogen and oxygen atoms in total. The number of anilines is 2. The van der Waals surface area contributed by atoms with Crippen molar-refractivity contribution in [2.75, 3.05) is 44.3 Å². The lowest BCUT2D eigenvalue weighted by Crippen LogP contribution is -2.47. The summed E-state index contributed by atoms with van der Waals surface area (Å²) in [6.45, 7) is 6.76. The molecule has 4 N–H and O–H groups in total. The van der Waals surface area contributed by atoms with Gasteiger partial charge >= 0.3 is 0 Å². The SMILES string of the molecule is CCc1nc2c(N)ncc(-c3cnn(C4CCN(C5CCN(C)CC5)CC4)c3)c2nc1N[C@@H]1CC[C@H](O)C1. The topological polar surface area (TPSA) is 121 Å². The average Bonchev–Trinajstić information content (AvgIpc) is 3.58. The molecule has 1 saturated carbocycles. The van der Waals surface area contributed by atoms with E-state index < -0.39 is 0 Å². The zero-order valence-electron chi connectivity index (χ0n) is 22.7. The molecule has 2 atom stereocenters. The zero-order valence-corrected chi connectivity index (χ0v) is 22.7. The van der Waals surface area contributed by atoms with Crippen LogP contribution in [0.15, 0.2) is 18.6 Å². The van der Waals surface area contributed by atoms with Crippen LogP contribution in [0.1, 0.15) is 63.6 Å². The van der Waals surface area contributed by atoms with Crippen molar-refractivity contribution >= 4 is 22.7 Å². The van der Waals surface area contributed by atoms with Crippen molar-refractivity contribution in [3.8, 4) is 11.1 Å². The number of nitrogens with one attached hydrogen (secondary N) is 1. The molecule has 3 fully saturated rings. The zero-order chi connectivity index (χ0) is 26.2. The molecule has 0 spiro atoms. The highest BCUT2D eigenvalue weighted by molar-refractivity contribution is 5.96. The van der Waals surface area contributed by atoms with Crippen molar-refractivity contribution in [1.29, 1.82) is 0 Å². The molecule has 3 aromatic rings. The number of nitrogen functional groups attached to an aromatic ring is 1. The van der Waals surface area contributed by atoms with Crippen LogP contribution in [0.25, 0.3) is 22.2 Å². The summed E-state index contributed by atoms with van der Waals surface area (Å²) in [5.41, 5.74) is 10.4. The van der Waals surface area contributed by atoms with E-state index in [1.54, 1.807) is 6.20 Å². The Morgan fingerprint density at radius 3 is 2.45 bits per heavy atom. The van der Waals surface area contributed by atoms with Crippen molar-refractivity contribution in [3.63, 3.8) is 0 Å². The number of pyridine rings is 1. The molecule has 204 valence electrons. The summed E-state index contributed by atoms with van der Waals surface area (Å²) in [6, 6.07) is 1.34. The van der Waals surface area contributed by atoms with Crippen LogP contribution in [0, 0.1) is 0 Å². The minimum Gasteiger partial charge on any atom is -0.393 e. The summed E-state index contributed by atoms with van der Waals surface area (Å²) in [7, 11) is 2.23. The summed E-state index contributed by atoms with van der Waals surface area (Å²) < 4.78 is 2.14. The fourth-order valence-corrected chi connectivity index (χ4v) is 6.50. The number of nitrogens with two attached hydrogens (primary N) is 1. The van der Waals surface area contributed by atoms with E-state index in [0.29, 0.717) is 17.4 Å². The fourth-order valence-electron chi connectivity index (χ4n) is 6.50. The normalized spacial score (nSPS) is 24.4. The van der Waals surface area contributed by atoms with Gasteiger partial charge in [-0.1, -0.05) is 6.92 Å². The lowest BCUT2D eigenvalue weighted by molar-refractivity contribution is 0.0851. The average molecular weight is 520 g/mol. The minimum atomic E-state index is -0.247. The second-order valence-corrected chi connectivity index (χ2v) is 11.4. The van der Waals surface area contributed by atoms with Crippen molar-refractivity contribution in [3.05, 3.63) is 24.3 Å². The predicted octanol–water partition coefficient (Wildman–Crippen LogP) is 3.09. The van der Waals surface area contributed by atoms with Gasteiger partial charge < -0.3 is 26.0 Å². The van der Waals surface area contributed by atoms with Gasteiger partial charge in [-0.05, 0) is 71.5 Å². The third-order valence-corrected chi connectivity index (χ3v) is 8.87. The Morgan fingerprint density at radius 1 is 0.974 bits per heavy atom. The van der Waals surface area contributed by atoms with E-state index in [1.165, 1.54) is 25.9 Å². The first-order chi connectivity index (χ1) is 18.5. The number of hydrogen-bond donors (Lipinski definition) is 3. The van der Waals surface area contributed by atoms with E-state index in [-0.39, 0.29) is 12.1 Å². The Labute approximate surface area is 224 Å². The van der Waals surface area contributed by atoms with Gasteiger partial charge in [0.15, 0.2) is 5.82 Å². The molecular weight excluding hydrogens is 478 g/mol. The number of fused-ring (bicyclic) bond motifs is 1. The Balaban J connectivity index is 1.22. The van der Waals surface area contributed by atoms with E-state index >= 15 is 0 Å². The molecule has 38 heavy (non-hydrogen) atoms. The van der Waals surface area contributed by atoms with Gasteiger partial charge in [0.1, 0.15) is 16.9 Å². The third kappa shape index (κ3) is 5.09. The molecule has 2 saturated heterocycles. The molecule has 3 aromatic heterocycles. The number of likely N-dealkylation sites (tertiary alicyclic amines) is 2. The monoisotopic (exact) mass is 519 g/mol. The molecule has 0 unspecified atom stereocenters. The maximum atomic E-state index is 9.99. The Kier molecular flexibility index (Phi) is 7.20. The molecule has 0 bridgehead atoms. The maximum absolute atomic E-state index is 9.99. The summed E-state index contributed by atoms with van der Waals surface area (Å²) >= 11 is 0. The highest BCUT2D eigenvalue weighted by atomic mass is 16.3. The number of aromatic nitrogens is 5. The molecule has 3 aliphatic rings. The van der Waals surface area contributed by atoms with Gasteiger partial charge in [0.25, 0.3) is 0 Å². The number of hydrogen-bond acceptors (Lipinski definition) is 9. The number of piperidine rings is 2. The molecule has 0 aromatic carbocycles. The van der Waals surface area contributed by atoms with Crippen LogP contribution in [-0.2, 0) is 6.42 Å². The highest BCUT2D eigenvalue weighted by Gasteiger charge is 2.29. The van der Waals surface area contributed by atoms with Gasteiger partial charge in [0.05, 0.1) is 24.0 Å². The molecule has 6 rings (SSSR count). The summed E-state index contributed by atoms with van der Waals surface area (Å²) in [5, 5.41) is 18.3. The molecule has 0 amide bonds. The van der Waals surface area contributed by atoms with Gasteiger partial charge in [0.2, 0.25) is 0 Å². The first-order valence-corrected chi connectivity index (χ1v) is 14.3. The Bertz CT molecular complexity index is 1260. The Hall–Kier alpha value is -2.82. The smallest absolute Gasteiger partial charge is 0.151 e. The first-order valence-electron chi connectivity index (χ1n) is 14.3. The van der Waals surface area contributed by atoms with Crippen molar-refractivity contribution in [1.82, 2.24) is 34.5 Å². The maximum Gasteiger partial charge on any atom is 0.151 e. The summed E-state index contributed by atoms with van der Waals surface area (Å²) in [5.74, 6) is 1.17. The lowest BCUT2D eigenvalue weighted by atomic mass is 9.98. The van der Waals surface area contributed by atoms with Gasteiger partial charge in [-0.15, -0.1) is 0 Å². The van der Waals surface area contributed by atoms with Crippen LogP contribution in [0.4, 0.5) is 11.6 Å². The van der Waals surface area contributed by atoms with Crippen LogP contribution in [0.5, 0.6) is 0 Å². The summed E-state index contributed by atoms with van der Waals surface area (Å²) in [6.07, 6.45) is 13.6. The van der Waals surface area contributed by atoms with Crippen molar-refractivity contribution in [2.24, 2.45) is 0 Å². The van der Waals surface area contributed by atoms with Crippen LogP contribution < -0.4 is 11.1 Å². The van der Waals surface area contributed by atoms with Gasteiger partial charge in [-0.3, -0.25) is 4.68 Å². The van der Waals surface area contributed by atoms with Crippen LogP contribution in [0.3, 0.4) is 0 Å². The van der Waals surface area contributed by atoms with Crippen LogP contribution >= 0.6 is 0 Å². The standard InChI is InChI=1S/C28H41N9O/c1-3-24-28(32-19-4-5-22(38)14-19)34-25-23(16-30-27(29)26(25)33-24)18-15-31-37(17-18)21-8-12-36(13-9-21)20-6-10-35(2)11-7-20/h15-17,19-22,38H,3-14H2,1-2H3,(H2,29,30)(H,32,34)/t19-,22+/m1/s1. The lowest BCUT2D eigenvalue weighted by Gasteiger charge is -2.41. The number of aryl methyl sites for hydroxylation is 1.